The summed E-state index contributed by atoms with van der Waals surface area (Å²) in [5.41, 5.74) is 11.1. The van der Waals surface area contributed by atoms with Crippen LogP contribution in [0.5, 0.6) is 0 Å². The van der Waals surface area contributed by atoms with Gasteiger partial charge in [0.1, 0.15) is 0 Å². The van der Waals surface area contributed by atoms with Crippen LogP contribution >= 0.6 is 0 Å². The van der Waals surface area contributed by atoms with Crippen LogP contribution in [0.4, 0.5) is 37.8 Å². The van der Waals surface area contributed by atoms with Gasteiger partial charge in [-0.2, -0.15) is 31.4 Å². The first-order chi connectivity index (χ1) is 17.7. The van der Waals surface area contributed by atoms with Crippen molar-refractivity contribution >= 4 is 17.5 Å². The summed E-state index contributed by atoms with van der Waals surface area (Å²) in [5, 5.41) is 0.411. The number of aromatic nitrogens is 1. The van der Waals surface area contributed by atoms with Crippen molar-refractivity contribution in [1.29, 1.82) is 0 Å². The van der Waals surface area contributed by atoms with Gasteiger partial charge in [0.25, 0.3) is 0 Å². The van der Waals surface area contributed by atoms with Gasteiger partial charge in [0.15, 0.2) is 12.1 Å². The largest absolute Gasteiger partial charge is 0.493 e. The molecule has 1 saturated heterocycles. The van der Waals surface area contributed by atoms with E-state index in [0.717, 1.165) is 12.6 Å². The van der Waals surface area contributed by atoms with Gasteiger partial charge < -0.3 is 20.4 Å². The molecule has 15 heteroatoms. The number of nitrogens with zero attached hydrogens (tertiary/aromatic N) is 5. The molecule has 0 amide bonds. The zero-order chi connectivity index (χ0) is 28.0. The number of halogens is 6. The number of hydrogen-bond acceptors (Lipinski definition) is 9. The smallest absolute Gasteiger partial charge is 0.368 e. The number of carbonyl (C=O) groups is 1. The molecule has 0 aliphatic carbocycles. The molecule has 4 rings (SSSR count). The molecule has 2 atom stereocenters. The van der Waals surface area contributed by atoms with Crippen molar-refractivity contribution in [3.8, 4) is 11.3 Å². The Hall–Kier alpha value is -3.14. The van der Waals surface area contributed by atoms with Crippen LogP contribution in [0, 0.1) is 0 Å². The lowest BCUT2D eigenvalue weighted by atomic mass is 9.98. The van der Waals surface area contributed by atoms with E-state index >= 15 is 0 Å². The predicted molar refractivity (Wildman–Crippen MR) is 126 cm³/mol. The van der Waals surface area contributed by atoms with E-state index in [1.54, 1.807) is 6.07 Å². The van der Waals surface area contributed by atoms with Crippen molar-refractivity contribution in [2.24, 2.45) is 11.5 Å². The van der Waals surface area contributed by atoms with Crippen molar-refractivity contribution < 1.29 is 36.0 Å². The Morgan fingerprint density at radius 1 is 1.05 bits per heavy atom. The van der Waals surface area contributed by atoms with Gasteiger partial charge in [0, 0.05) is 43.0 Å². The molecule has 4 N–H and O–H groups in total. The number of nitrogens with two attached hydrogens (primary N) is 2. The highest BCUT2D eigenvalue weighted by molar-refractivity contribution is 5.82. The van der Waals surface area contributed by atoms with E-state index in [4.69, 9.17) is 11.5 Å². The summed E-state index contributed by atoms with van der Waals surface area (Å²) in [6.07, 6.45) is -12.6. The van der Waals surface area contributed by atoms with Crippen molar-refractivity contribution in [2.45, 2.75) is 31.7 Å². The number of hydrogen-bond donors (Lipinski definition) is 2. The van der Waals surface area contributed by atoms with Gasteiger partial charge in [-0.1, -0.05) is 19.1 Å². The molecule has 2 aromatic rings. The zero-order valence-electron chi connectivity index (χ0n) is 20.6. The minimum Gasteiger partial charge on any atom is -0.368 e. The average Bonchev–Trinajstić information content (AvgIpc) is 2.88. The Kier molecular flexibility index (Phi) is 7.49. The van der Waals surface area contributed by atoms with Crippen molar-refractivity contribution in [3.05, 3.63) is 41.5 Å². The Balaban J connectivity index is 1.86. The van der Waals surface area contributed by atoms with Gasteiger partial charge in [0.2, 0.25) is 0 Å². The highest BCUT2D eigenvalue weighted by Crippen LogP contribution is 2.44. The van der Waals surface area contributed by atoms with Gasteiger partial charge >= 0.3 is 18.3 Å². The third kappa shape index (κ3) is 5.23. The second kappa shape index (κ2) is 10.2. The number of alkyl halides is 6. The van der Waals surface area contributed by atoms with Crippen LogP contribution in [0.3, 0.4) is 0 Å². The summed E-state index contributed by atoms with van der Waals surface area (Å²) in [5.74, 6) is -2.96. The summed E-state index contributed by atoms with van der Waals surface area (Å²) in [6, 6.07) is 6.40. The first kappa shape index (κ1) is 27.9. The van der Waals surface area contributed by atoms with Gasteiger partial charge in [-0.25, -0.2) is 9.78 Å². The van der Waals surface area contributed by atoms with Crippen molar-refractivity contribution in [1.82, 2.24) is 14.8 Å². The molecular weight excluding hydrogens is 520 g/mol. The Morgan fingerprint density at radius 3 is 2.29 bits per heavy atom. The number of anilines is 2. The Morgan fingerprint density at radius 2 is 1.71 bits per heavy atom. The van der Waals surface area contributed by atoms with Crippen LogP contribution in [0.2, 0.25) is 0 Å². The van der Waals surface area contributed by atoms with E-state index in [2.05, 4.69) is 14.7 Å². The maximum Gasteiger partial charge on any atom is 0.493 e. The summed E-state index contributed by atoms with van der Waals surface area (Å²) in [4.78, 5) is 25.6. The number of fused-ring (bicyclic) bond motifs is 1. The topological polar surface area (TPSA) is 104 Å². The van der Waals surface area contributed by atoms with E-state index in [-0.39, 0.29) is 22.5 Å². The van der Waals surface area contributed by atoms with Crippen molar-refractivity contribution in [2.75, 3.05) is 49.7 Å². The number of hydroxylamine groups is 1. The lowest BCUT2D eigenvalue weighted by Crippen LogP contribution is -2.60. The van der Waals surface area contributed by atoms with Crippen LogP contribution < -0.4 is 21.4 Å². The van der Waals surface area contributed by atoms with Crippen LogP contribution in [-0.4, -0.2) is 73.0 Å². The fraction of sp³-hybridized carbons (Fsp3) is 0.478. The molecule has 0 saturated carbocycles. The molecule has 2 aliphatic heterocycles. The van der Waals surface area contributed by atoms with E-state index in [1.165, 1.54) is 30.1 Å². The molecule has 2 unspecified atom stereocenters. The second-order valence-corrected chi connectivity index (χ2v) is 8.95. The fourth-order valence-electron chi connectivity index (χ4n) is 4.53. The minimum atomic E-state index is -5.35. The van der Waals surface area contributed by atoms with Gasteiger partial charge in [0.05, 0.1) is 17.4 Å². The number of rotatable bonds is 4. The minimum absolute atomic E-state index is 0.107. The summed E-state index contributed by atoms with van der Waals surface area (Å²) >= 11 is 0. The van der Waals surface area contributed by atoms with Gasteiger partial charge in [-0.15, -0.1) is 0 Å². The molecule has 208 valence electrons. The Labute approximate surface area is 214 Å². The number of benzene rings is 1. The SMILES string of the molecule is CCN1CCN(c2cccc(C(F)(F)F)c2-c2ccc3c(n2)N(OC(=O)C(F)(F)F)C(N)N(C)C3N)CC1. The lowest BCUT2D eigenvalue weighted by molar-refractivity contribution is -0.204. The van der Waals surface area contributed by atoms with Crippen LogP contribution in [0.15, 0.2) is 30.3 Å². The summed E-state index contributed by atoms with van der Waals surface area (Å²) < 4.78 is 81.5. The Bertz CT molecular complexity index is 1180. The molecular formula is C23H27F6N7O2. The molecule has 0 bridgehead atoms. The van der Waals surface area contributed by atoms with Crippen molar-refractivity contribution in [3.63, 3.8) is 0 Å². The zero-order valence-corrected chi connectivity index (χ0v) is 20.6. The highest BCUT2D eigenvalue weighted by atomic mass is 19.4. The molecule has 0 spiro atoms. The number of likely N-dealkylation sites (N-methyl/N-ethyl adjacent to an activating group) is 1. The standard InChI is InChI=1S/C23H27F6N7O2/c1-3-34-9-11-35(12-10-34)16-6-4-5-14(22(24,25)26)17(16)15-8-7-13-18(30)33(2)21(31)36(19(13)32-15)38-20(37)23(27,28)29/h4-8,18,21H,3,9-12,30-31H2,1-2H3. The average molecular weight is 548 g/mol. The number of carbonyl (C=O) groups excluding carboxylic acids is 1. The van der Waals surface area contributed by atoms with Crippen LogP contribution in [-0.2, 0) is 15.8 Å². The van der Waals surface area contributed by atoms with Gasteiger partial charge in [-0.05, 0) is 31.8 Å². The maximum atomic E-state index is 14.2. The molecule has 9 nitrogen and oxygen atoms in total. The third-order valence-electron chi connectivity index (χ3n) is 6.71. The molecule has 1 aromatic heterocycles. The normalized spacial score (nSPS) is 21.4. The monoisotopic (exact) mass is 547 g/mol. The second-order valence-electron chi connectivity index (χ2n) is 8.95. The lowest BCUT2D eigenvalue weighted by Gasteiger charge is -2.42. The highest BCUT2D eigenvalue weighted by Gasteiger charge is 2.46. The van der Waals surface area contributed by atoms with E-state index in [0.29, 0.717) is 31.2 Å². The van der Waals surface area contributed by atoms with E-state index in [9.17, 15) is 31.1 Å². The van der Waals surface area contributed by atoms with Gasteiger partial charge in [-0.3, -0.25) is 10.6 Å². The summed E-state index contributed by atoms with van der Waals surface area (Å²) in [6.45, 7) is 5.00. The molecule has 3 heterocycles. The van der Waals surface area contributed by atoms with Crippen LogP contribution in [0.25, 0.3) is 11.3 Å². The predicted octanol–water partition coefficient (Wildman–Crippen LogP) is 2.88. The summed E-state index contributed by atoms with van der Waals surface area (Å²) in [7, 11) is 1.38. The molecule has 1 aromatic carbocycles. The van der Waals surface area contributed by atoms with Crippen LogP contribution in [0.1, 0.15) is 24.2 Å². The molecule has 0 radical (unpaired) electrons. The van der Waals surface area contributed by atoms with E-state index in [1.807, 2.05) is 11.8 Å². The van der Waals surface area contributed by atoms with E-state index < -0.39 is 42.2 Å². The third-order valence-corrected chi connectivity index (χ3v) is 6.71. The quantitative estimate of drug-likeness (QED) is 0.560. The molecule has 1 fully saturated rings. The number of pyridine rings is 1. The fourth-order valence-corrected chi connectivity index (χ4v) is 4.53. The first-order valence-corrected chi connectivity index (χ1v) is 11.7. The maximum absolute atomic E-state index is 14.2. The molecule has 38 heavy (non-hydrogen) atoms. The first-order valence-electron chi connectivity index (χ1n) is 11.7. The number of piperazine rings is 1. The molecule has 2 aliphatic rings.